The monoisotopic (exact) mass is 290 g/mol. The van der Waals surface area contributed by atoms with Crippen molar-refractivity contribution in [2.24, 2.45) is 0 Å². The molecule has 1 aromatic heterocycles. The molecule has 110 valence electrons. The highest BCUT2D eigenvalue weighted by Gasteiger charge is 2.12. The minimum Gasteiger partial charge on any atom is -0.506 e. The molecule has 7 nitrogen and oxygen atoms in total. The number of hydrogen-bond donors (Lipinski definition) is 3. The minimum atomic E-state index is -1.17. The molecule has 0 aliphatic heterocycles. The Balaban J connectivity index is 2.30. The molecule has 0 spiro atoms. The maximum Gasteiger partial charge on any atom is 0.407 e. The van der Waals surface area contributed by atoms with Gasteiger partial charge in [-0.25, -0.2) is 4.79 Å². The number of phenolic OH excluding ortho intramolecular Hbond substituents is 1. The number of aromatic amines is 1. The van der Waals surface area contributed by atoms with Crippen molar-refractivity contribution in [1.29, 1.82) is 0 Å². The van der Waals surface area contributed by atoms with Gasteiger partial charge in [0.15, 0.2) is 0 Å². The minimum absolute atomic E-state index is 0.0468. The summed E-state index contributed by atoms with van der Waals surface area (Å²) >= 11 is 0. The molecule has 0 aliphatic carbocycles. The zero-order chi connectivity index (χ0) is 15.4. The molecule has 0 radical (unpaired) electrons. The largest absolute Gasteiger partial charge is 0.506 e. The molecule has 1 aromatic carbocycles. The molecule has 0 saturated carbocycles. The number of nitrogens with zero attached hydrogens (tertiary/aromatic N) is 1. The van der Waals surface area contributed by atoms with E-state index in [1.165, 1.54) is 12.1 Å². The average molecular weight is 290 g/mol. The van der Waals surface area contributed by atoms with Gasteiger partial charge >= 0.3 is 6.09 Å². The fourth-order valence-corrected chi connectivity index (χ4v) is 2.13. The van der Waals surface area contributed by atoms with Crippen LogP contribution in [0.4, 0.5) is 4.79 Å². The number of aldehydes is 1. The van der Waals surface area contributed by atoms with Crippen LogP contribution >= 0.6 is 0 Å². The molecule has 2 rings (SSSR count). The molecule has 7 heteroatoms. The van der Waals surface area contributed by atoms with E-state index in [1.807, 2.05) is 0 Å². The van der Waals surface area contributed by atoms with Gasteiger partial charge in [0.2, 0.25) is 5.56 Å². The zero-order valence-electron chi connectivity index (χ0n) is 11.1. The molecule has 0 unspecified atom stereocenters. The quantitative estimate of drug-likeness (QED) is 0.710. The second kappa shape index (κ2) is 6.08. The van der Waals surface area contributed by atoms with Crippen LogP contribution in [-0.2, 0) is 11.2 Å². The van der Waals surface area contributed by atoms with Crippen LogP contribution in [0, 0.1) is 0 Å². The van der Waals surface area contributed by atoms with Gasteiger partial charge in [0.25, 0.3) is 0 Å². The van der Waals surface area contributed by atoms with E-state index < -0.39 is 6.09 Å². The van der Waals surface area contributed by atoms with Crippen LogP contribution in [0.25, 0.3) is 10.9 Å². The van der Waals surface area contributed by atoms with Crippen molar-refractivity contribution in [2.75, 3.05) is 13.1 Å². The van der Waals surface area contributed by atoms with Gasteiger partial charge in [-0.05, 0) is 24.1 Å². The number of amides is 1. The molecule has 0 bridgehead atoms. The Kier molecular flexibility index (Phi) is 4.22. The molecule has 2 aromatic rings. The van der Waals surface area contributed by atoms with E-state index in [0.717, 1.165) is 10.5 Å². The number of carbonyl (C=O) groups is 2. The first-order valence-corrected chi connectivity index (χ1v) is 6.28. The summed E-state index contributed by atoms with van der Waals surface area (Å²) in [6.45, 7) is -0.0464. The Morgan fingerprint density at radius 3 is 2.71 bits per heavy atom. The van der Waals surface area contributed by atoms with E-state index >= 15 is 0 Å². The second-order valence-electron chi connectivity index (χ2n) is 4.50. The van der Waals surface area contributed by atoms with E-state index in [1.54, 1.807) is 12.1 Å². The van der Waals surface area contributed by atoms with Gasteiger partial charge in [0.1, 0.15) is 12.0 Å². The normalized spacial score (nSPS) is 10.5. The summed E-state index contributed by atoms with van der Waals surface area (Å²) in [6, 6.07) is 6.02. The van der Waals surface area contributed by atoms with Crippen molar-refractivity contribution in [3.63, 3.8) is 0 Å². The van der Waals surface area contributed by atoms with Crippen LogP contribution in [0.2, 0.25) is 0 Å². The lowest BCUT2D eigenvalue weighted by molar-refractivity contribution is -0.108. The van der Waals surface area contributed by atoms with Gasteiger partial charge in [0.05, 0.1) is 12.1 Å². The molecule has 3 N–H and O–H groups in total. The van der Waals surface area contributed by atoms with E-state index in [2.05, 4.69) is 4.98 Å². The Labute approximate surface area is 119 Å². The number of carbonyl (C=O) groups excluding carboxylic acids is 1. The number of hydrogen-bond acceptors (Lipinski definition) is 4. The van der Waals surface area contributed by atoms with Gasteiger partial charge in [-0.3, -0.25) is 4.79 Å². The fourth-order valence-electron chi connectivity index (χ4n) is 2.13. The lowest BCUT2D eigenvalue weighted by atomic mass is 10.0. The van der Waals surface area contributed by atoms with Crippen molar-refractivity contribution in [1.82, 2.24) is 9.88 Å². The number of rotatable bonds is 5. The number of nitrogens with one attached hydrogen (secondary N) is 1. The fraction of sp³-hybridized carbons (Fsp3) is 0.214. The first-order valence-electron chi connectivity index (χ1n) is 6.28. The van der Waals surface area contributed by atoms with Crippen LogP contribution < -0.4 is 5.56 Å². The van der Waals surface area contributed by atoms with Crippen molar-refractivity contribution >= 4 is 23.3 Å². The molecular formula is C14H14N2O5. The Morgan fingerprint density at radius 2 is 2.05 bits per heavy atom. The van der Waals surface area contributed by atoms with Crippen molar-refractivity contribution < 1.29 is 19.8 Å². The smallest absolute Gasteiger partial charge is 0.407 e. The van der Waals surface area contributed by atoms with Crippen LogP contribution in [0.15, 0.2) is 29.1 Å². The molecule has 0 atom stereocenters. The summed E-state index contributed by atoms with van der Waals surface area (Å²) < 4.78 is 0. The number of pyridine rings is 1. The van der Waals surface area contributed by atoms with Gasteiger partial charge in [-0.1, -0.05) is 6.07 Å². The molecule has 21 heavy (non-hydrogen) atoms. The predicted molar refractivity (Wildman–Crippen MR) is 75.6 cm³/mol. The lowest BCUT2D eigenvalue weighted by Crippen LogP contribution is -2.33. The van der Waals surface area contributed by atoms with Gasteiger partial charge in [-0.15, -0.1) is 0 Å². The molecule has 0 fully saturated rings. The highest BCUT2D eigenvalue weighted by Crippen LogP contribution is 2.25. The van der Waals surface area contributed by atoms with E-state index in [9.17, 15) is 19.5 Å². The summed E-state index contributed by atoms with van der Waals surface area (Å²) in [6.07, 6.45) is -0.276. The topological polar surface area (TPSA) is 111 Å². The van der Waals surface area contributed by atoms with Gasteiger partial charge < -0.3 is 24.9 Å². The van der Waals surface area contributed by atoms with Crippen LogP contribution in [-0.4, -0.2) is 45.6 Å². The molecule has 1 heterocycles. The standard InChI is InChI=1S/C14H14N2O5/c17-8-7-16(14(20)21)6-5-9-1-3-11(18)13-10(9)2-4-12(19)15-13/h1-4,8,18H,5-7H2,(H,15,19)(H,20,21). The number of aromatic hydroxyl groups is 1. The number of phenols is 1. The van der Waals surface area contributed by atoms with Crippen LogP contribution in [0.1, 0.15) is 5.56 Å². The third kappa shape index (κ3) is 3.19. The molecule has 1 amide bonds. The van der Waals surface area contributed by atoms with Gasteiger partial charge in [-0.2, -0.15) is 0 Å². The summed E-state index contributed by atoms with van der Waals surface area (Å²) in [5.74, 6) is -0.0468. The SMILES string of the molecule is O=CCN(CCc1ccc(O)c2[nH]c(=O)ccc12)C(=O)O. The summed E-state index contributed by atoms with van der Waals surface area (Å²) in [4.78, 5) is 36.2. The third-order valence-corrected chi connectivity index (χ3v) is 3.18. The number of fused-ring (bicyclic) bond motifs is 1. The van der Waals surface area contributed by atoms with Crippen LogP contribution in [0.5, 0.6) is 5.75 Å². The molecule has 0 saturated heterocycles. The lowest BCUT2D eigenvalue weighted by Gasteiger charge is -2.16. The number of benzene rings is 1. The van der Waals surface area contributed by atoms with Crippen molar-refractivity contribution in [2.45, 2.75) is 6.42 Å². The van der Waals surface area contributed by atoms with Crippen molar-refractivity contribution in [3.05, 3.63) is 40.2 Å². The van der Waals surface area contributed by atoms with E-state index in [-0.39, 0.29) is 24.4 Å². The Morgan fingerprint density at radius 1 is 1.29 bits per heavy atom. The Bertz CT molecular complexity index is 738. The number of carboxylic acid groups (broad SMARTS) is 1. The van der Waals surface area contributed by atoms with E-state index in [0.29, 0.717) is 23.6 Å². The summed E-state index contributed by atoms with van der Waals surface area (Å²) in [7, 11) is 0. The number of H-pyrrole nitrogens is 1. The first kappa shape index (κ1) is 14.6. The van der Waals surface area contributed by atoms with E-state index in [4.69, 9.17) is 5.11 Å². The van der Waals surface area contributed by atoms with Crippen LogP contribution in [0.3, 0.4) is 0 Å². The molecular weight excluding hydrogens is 276 g/mol. The maximum atomic E-state index is 11.3. The third-order valence-electron chi connectivity index (χ3n) is 3.18. The predicted octanol–water partition coefficient (Wildman–Crippen LogP) is 0.955. The van der Waals surface area contributed by atoms with Crippen molar-refractivity contribution in [3.8, 4) is 5.75 Å². The molecule has 0 aliphatic rings. The first-order chi connectivity index (χ1) is 10.0. The summed E-state index contributed by atoms with van der Waals surface area (Å²) in [5, 5.41) is 19.3. The highest BCUT2D eigenvalue weighted by atomic mass is 16.4. The maximum absolute atomic E-state index is 11.3. The second-order valence-corrected chi connectivity index (χ2v) is 4.50. The summed E-state index contributed by atoms with van der Waals surface area (Å²) in [5.41, 5.74) is 0.761. The number of aromatic nitrogens is 1. The zero-order valence-corrected chi connectivity index (χ0v) is 11.1. The highest BCUT2D eigenvalue weighted by molar-refractivity contribution is 5.87. The van der Waals surface area contributed by atoms with Gasteiger partial charge in [0, 0.05) is 18.0 Å². The average Bonchev–Trinajstić information content (AvgIpc) is 2.45. The Hall–Kier alpha value is -2.83.